The molecule has 84 valence electrons. The van der Waals surface area contributed by atoms with E-state index < -0.39 is 0 Å². The first-order valence-electron chi connectivity index (χ1n) is 5.30. The van der Waals surface area contributed by atoms with Gasteiger partial charge < -0.3 is 11.1 Å². The summed E-state index contributed by atoms with van der Waals surface area (Å²) in [6, 6.07) is 6.92. The molecule has 0 saturated heterocycles. The van der Waals surface area contributed by atoms with Crippen molar-refractivity contribution in [2.24, 2.45) is 11.7 Å². The fraction of sp³-hybridized carbons (Fsp3) is 0.500. The van der Waals surface area contributed by atoms with E-state index in [2.05, 4.69) is 12.2 Å². The maximum absolute atomic E-state index is 13.5. The van der Waals surface area contributed by atoms with Crippen molar-refractivity contribution >= 4 is 0 Å². The summed E-state index contributed by atoms with van der Waals surface area (Å²) in [5.74, 6) is 0.239. The smallest absolute Gasteiger partial charge is 0.127 e. The lowest BCUT2D eigenvalue weighted by molar-refractivity contribution is 0.424. The Kier molecular flexibility index (Phi) is 4.72. The molecule has 3 heteroatoms. The first kappa shape index (κ1) is 12.1. The molecule has 0 radical (unpaired) electrons. The number of hydrogen-bond donors (Lipinski definition) is 2. The number of nitrogens with one attached hydrogen (secondary N) is 1. The molecule has 0 saturated carbocycles. The second kappa shape index (κ2) is 5.83. The van der Waals surface area contributed by atoms with Gasteiger partial charge >= 0.3 is 0 Å². The molecule has 1 aromatic carbocycles. The first-order chi connectivity index (χ1) is 7.19. The van der Waals surface area contributed by atoms with Gasteiger partial charge in [-0.15, -0.1) is 0 Å². The minimum atomic E-state index is -0.152. The lowest BCUT2D eigenvalue weighted by atomic mass is 9.96. The highest BCUT2D eigenvalue weighted by Crippen LogP contribution is 2.22. The molecule has 0 heterocycles. The van der Waals surface area contributed by atoms with Crippen molar-refractivity contribution in [3.05, 3.63) is 35.6 Å². The quantitative estimate of drug-likeness (QED) is 0.780. The van der Waals surface area contributed by atoms with Crippen molar-refractivity contribution < 1.29 is 4.39 Å². The Balaban J connectivity index is 2.78. The number of hydrogen-bond acceptors (Lipinski definition) is 2. The molecule has 0 fully saturated rings. The van der Waals surface area contributed by atoms with Crippen LogP contribution in [0.2, 0.25) is 0 Å². The van der Waals surface area contributed by atoms with Crippen molar-refractivity contribution in [2.75, 3.05) is 13.6 Å². The topological polar surface area (TPSA) is 38.0 Å². The van der Waals surface area contributed by atoms with Crippen LogP contribution in [-0.2, 0) is 0 Å². The highest BCUT2D eigenvalue weighted by atomic mass is 19.1. The van der Waals surface area contributed by atoms with Gasteiger partial charge in [-0.25, -0.2) is 4.39 Å². The minimum absolute atomic E-state index is 0.0461. The van der Waals surface area contributed by atoms with Crippen molar-refractivity contribution in [3.63, 3.8) is 0 Å². The van der Waals surface area contributed by atoms with E-state index in [1.165, 1.54) is 6.07 Å². The maximum Gasteiger partial charge on any atom is 0.127 e. The van der Waals surface area contributed by atoms with Crippen molar-refractivity contribution in [1.29, 1.82) is 0 Å². The molecular weight excluding hydrogens is 191 g/mol. The highest BCUT2D eigenvalue weighted by Gasteiger charge is 2.15. The predicted molar refractivity (Wildman–Crippen MR) is 61.0 cm³/mol. The second-order valence-electron chi connectivity index (χ2n) is 3.94. The zero-order valence-corrected chi connectivity index (χ0v) is 9.33. The Morgan fingerprint density at radius 2 is 2.07 bits per heavy atom. The molecule has 0 aliphatic carbocycles. The van der Waals surface area contributed by atoms with Crippen LogP contribution < -0.4 is 11.1 Å². The average molecular weight is 210 g/mol. The summed E-state index contributed by atoms with van der Waals surface area (Å²) in [6.45, 7) is 2.71. The maximum atomic E-state index is 13.5. The molecule has 15 heavy (non-hydrogen) atoms. The normalized spacial score (nSPS) is 14.9. The van der Waals surface area contributed by atoms with Crippen molar-refractivity contribution in [3.8, 4) is 0 Å². The van der Waals surface area contributed by atoms with Crippen LogP contribution in [0.3, 0.4) is 0 Å². The Labute approximate surface area is 90.7 Å². The van der Waals surface area contributed by atoms with Gasteiger partial charge in [0.15, 0.2) is 0 Å². The van der Waals surface area contributed by atoms with E-state index in [4.69, 9.17) is 5.73 Å². The van der Waals surface area contributed by atoms with Crippen LogP contribution in [-0.4, -0.2) is 13.6 Å². The molecule has 2 atom stereocenters. The molecule has 0 aliphatic heterocycles. The summed E-state index contributed by atoms with van der Waals surface area (Å²) in [5.41, 5.74) is 6.29. The largest absolute Gasteiger partial charge is 0.330 e. The number of benzene rings is 1. The summed E-state index contributed by atoms with van der Waals surface area (Å²) in [6.07, 6.45) is 0.855. The Morgan fingerprint density at radius 1 is 1.40 bits per heavy atom. The van der Waals surface area contributed by atoms with E-state index in [0.29, 0.717) is 12.5 Å². The number of nitrogens with two attached hydrogens (primary N) is 1. The van der Waals surface area contributed by atoms with Crippen LogP contribution >= 0.6 is 0 Å². The molecule has 0 bridgehead atoms. The summed E-state index contributed by atoms with van der Waals surface area (Å²) in [7, 11) is 1.85. The summed E-state index contributed by atoms with van der Waals surface area (Å²) in [4.78, 5) is 0. The summed E-state index contributed by atoms with van der Waals surface area (Å²) >= 11 is 0. The van der Waals surface area contributed by atoms with Gasteiger partial charge in [-0.2, -0.15) is 0 Å². The average Bonchev–Trinajstić information content (AvgIpc) is 2.26. The highest BCUT2D eigenvalue weighted by molar-refractivity contribution is 5.21. The Bertz CT molecular complexity index is 301. The molecule has 1 rings (SSSR count). The number of halogens is 1. The van der Waals surface area contributed by atoms with Crippen molar-refractivity contribution in [1.82, 2.24) is 5.32 Å². The van der Waals surface area contributed by atoms with Gasteiger partial charge in [-0.3, -0.25) is 0 Å². The van der Waals surface area contributed by atoms with Gasteiger partial charge in [-0.05, 0) is 32.0 Å². The van der Waals surface area contributed by atoms with E-state index in [0.717, 1.165) is 12.0 Å². The molecule has 0 spiro atoms. The fourth-order valence-corrected chi connectivity index (χ4v) is 1.66. The second-order valence-corrected chi connectivity index (χ2v) is 3.94. The SMILES string of the molecule is CNC(CC(C)CN)c1ccccc1F. The zero-order valence-electron chi connectivity index (χ0n) is 9.33. The van der Waals surface area contributed by atoms with Crippen LogP contribution in [0, 0.1) is 11.7 Å². The standard InChI is InChI=1S/C12H19FN2/c1-9(8-14)7-12(15-2)10-5-3-4-6-11(10)13/h3-6,9,12,15H,7-8,14H2,1-2H3. The van der Waals surface area contributed by atoms with E-state index in [1.807, 2.05) is 19.2 Å². The monoisotopic (exact) mass is 210 g/mol. The van der Waals surface area contributed by atoms with Crippen LogP contribution in [0.1, 0.15) is 24.9 Å². The van der Waals surface area contributed by atoms with E-state index >= 15 is 0 Å². The van der Waals surface area contributed by atoms with Gasteiger partial charge in [0.25, 0.3) is 0 Å². The molecular formula is C12H19FN2. The predicted octanol–water partition coefficient (Wildman–Crippen LogP) is 2.07. The first-order valence-corrected chi connectivity index (χ1v) is 5.30. The Morgan fingerprint density at radius 3 is 2.60 bits per heavy atom. The van der Waals surface area contributed by atoms with Crippen LogP contribution in [0.15, 0.2) is 24.3 Å². The molecule has 2 nitrogen and oxygen atoms in total. The van der Waals surface area contributed by atoms with E-state index in [1.54, 1.807) is 6.07 Å². The van der Waals surface area contributed by atoms with Crippen LogP contribution in [0.25, 0.3) is 0 Å². The zero-order chi connectivity index (χ0) is 11.3. The van der Waals surface area contributed by atoms with Gasteiger partial charge in [0.05, 0.1) is 0 Å². The van der Waals surface area contributed by atoms with Gasteiger partial charge in [0, 0.05) is 11.6 Å². The molecule has 2 unspecified atom stereocenters. The molecule has 3 N–H and O–H groups in total. The van der Waals surface area contributed by atoms with Gasteiger partial charge in [0.1, 0.15) is 5.82 Å². The molecule has 0 aromatic heterocycles. The lowest BCUT2D eigenvalue weighted by Crippen LogP contribution is -2.23. The third-order valence-electron chi connectivity index (χ3n) is 2.67. The molecule has 0 aliphatic rings. The molecule has 1 aromatic rings. The van der Waals surface area contributed by atoms with Gasteiger partial charge in [-0.1, -0.05) is 25.1 Å². The number of rotatable bonds is 5. The van der Waals surface area contributed by atoms with Crippen LogP contribution in [0.4, 0.5) is 4.39 Å². The van der Waals surface area contributed by atoms with Crippen molar-refractivity contribution in [2.45, 2.75) is 19.4 Å². The summed E-state index contributed by atoms with van der Waals surface area (Å²) < 4.78 is 13.5. The third-order valence-corrected chi connectivity index (χ3v) is 2.67. The third kappa shape index (κ3) is 3.29. The fourth-order valence-electron chi connectivity index (χ4n) is 1.66. The lowest BCUT2D eigenvalue weighted by Gasteiger charge is -2.20. The molecule has 0 amide bonds. The van der Waals surface area contributed by atoms with Crippen LogP contribution in [0.5, 0.6) is 0 Å². The Hall–Kier alpha value is -0.930. The van der Waals surface area contributed by atoms with E-state index in [9.17, 15) is 4.39 Å². The van der Waals surface area contributed by atoms with E-state index in [-0.39, 0.29) is 11.9 Å². The summed E-state index contributed by atoms with van der Waals surface area (Å²) in [5, 5.41) is 3.13. The van der Waals surface area contributed by atoms with Gasteiger partial charge in [0.2, 0.25) is 0 Å². The minimum Gasteiger partial charge on any atom is -0.330 e.